The highest BCUT2D eigenvalue weighted by Gasteiger charge is 2.28. The second-order valence-electron chi connectivity index (χ2n) is 7.69. The van der Waals surface area contributed by atoms with E-state index in [-0.39, 0.29) is 30.0 Å². The molecule has 3 rings (SSSR count). The van der Waals surface area contributed by atoms with Crippen molar-refractivity contribution >= 4 is 35.6 Å². The van der Waals surface area contributed by atoms with Crippen molar-refractivity contribution in [2.45, 2.75) is 38.3 Å². The summed E-state index contributed by atoms with van der Waals surface area (Å²) in [6, 6.07) is 4.62. The molecular weight excluding hydrogens is 503 g/mol. The number of rotatable bonds is 10. The SMILES string of the molecule is CCNC(=NCCN(CCOC)C1CC1)NC1CCN(c2ccc(F)cc2F)C1.I. The lowest BCUT2D eigenvalue weighted by Crippen LogP contribution is -2.45. The van der Waals surface area contributed by atoms with Gasteiger partial charge in [0.05, 0.1) is 18.8 Å². The first kappa shape index (κ1) is 25.1. The normalized spacial score (nSPS) is 19.2. The highest BCUT2D eigenvalue weighted by Crippen LogP contribution is 2.26. The van der Waals surface area contributed by atoms with Crippen molar-refractivity contribution in [1.82, 2.24) is 15.5 Å². The second kappa shape index (κ2) is 12.6. The van der Waals surface area contributed by atoms with Crippen LogP contribution in [0.15, 0.2) is 23.2 Å². The Hall–Kier alpha value is -1.20. The number of guanidine groups is 1. The summed E-state index contributed by atoms with van der Waals surface area (Å²) in [6.45, 7) is 7.55. The van der Waals surface area contributed by atoms with Gasteiger partial charge in [-0.05, 0) is 38.3 Å². The van der Waals surface area contributed by atoms with Crippen LogP contribution < -0.4 is 15.5 Å². The Balaban J connectivity index is 0.00000320. The molecule has 0 spiro atoms. The van der Waals surface area contributed by atoms with E-state index in [0.717, 1.165) is 57.8 Å². The number of nitrogens with one attached hydrogen (secondary N) is 2. The van der Waals surface area contributed by atoms with Gasteiger partial charge >= 0.3 is 0 Å². The van der Waals surface area contributed by atoms with Gasteiger partial charge in [-0.2, -0.15) is 0 Å². The molecule has 1 saturated carbocycles. The summed E-state index contributed by atoms with van der Waals surface area (Å²) in [5, 5.41) is 6.76. The predicted molar refractivity (Wildman–Crippen MR) is 128 cm³/mol. The van der Waals surface area contributed by atoms with Crippen LogP contribution in [0.3, 0.4) is 0 Å². The Bertz CT molecular complexity index is 689. The summed E-state index contributed by atoms with van der Waals surface area (Å²) in [4.78, 5) is 9.14. The molecule has 0 bridgehead atoms. The van der Waals surface area contributed by atoms with Gasteiger partial charge in [-0.25, -0.2) is 8.78 Å². The average molecular weight is 537 g/mol. The van der Waals surface area contributed by atoms with Crippen molar-refractivity contribution in [3.63, 3.8) is 0 Å². The van der Waals surface area contributed by atoms with E-state index in [1.54, 1.807) is 7.11 Å². The number of anilines is 1. The Morgan fingerprint density at radius 2 is 2.07 bits per heavy atom. The van der Waals surface area contributed by atoms with E-state index in [4.69, 9.17) is 9.73 Å². The number of hydrogen-bond acceptors (Lipinski definition) is 4. The van der Waals surface area contributed by atoms with Crippen LogP contribution >= 0.6 is 24.0 Å². The highest BCUT2D eigenvalue weighted by atomic mass is 127. The summed E-state index contributed by atoms with van der Waals surface area (Å²) < 4.78 is 32.4. The van der Waals surface area contributed by atoms with Crippen molar-refractivity contribution in [2.24, 2.45) is 4.99 Å². The van der Waals surface area contributed by atoms with Crippen molar-refractivity contribution in [1.29, 1.82) is 0 Å². The quantitative estimate of drug-likeness (QED) is 0.273. The highest BCUT2D eigenvalue weighted by molar-refractivity contribution is 14.0. The second-order valence-corrected chi connectivity index (χ2v) is 7.69. The minimum absolute atomic E-state index is 0. The first-order valence-electron chi connectivity index (χ1n) is 10.6. The molecule has 1 atom stereocenters. The molecular formula is C21H34F2IN5O. The standard InChI is InChI=1S/C21H33F2N5O.HI/c1-3-24-21(25-9-11-27(12-13-29-2)18-5-6-18)26-17-8-10-28(15-17)20-7-4-16(22)14-19(20)23;/h4,7,14,17-18H,3,5-6,8-13,15H2,1-2H3,(H2,24,25,26);1H. The third kappa shape index (κ3) is 7.49. The molecule has 2 fully saturated rings. The monoisotopic (exact) mass is 537 g/mol. The van der Waals surface area contributed by atoms with Crippen molar-refractivity contribution in [3.05, 3.63) is 29.8 Å². The fraction of sp³-hybridized carbons (Fsp3) is 0.667. The zero-order chi connectivity index (χ0) is 20.6. The lowest BCUT2D eigenvalue weighted by atomic mass is 10.2. The van der Waals surface area contributed by atoms with Crippen molar-refractivity contribution in [3.8, 4) is 0 Å². The molecule has 9 heteroatoms. The molecule has 1 heterocycles. The topological polar surface area (TPSA) is 52.1 Å². The summed E-state index contributed by atoms with van der Waals surface area (Å²) in [6.07, 6.45) is 3.41. The number of nitrogens with zero attached hydrogens (tertiary/aromatic N) is 3. The molecule has 0 amide bonds. The maximum absolute atomic E-state index is 14.1. The van der Waals surface area contributed by atoms with Crippen LogP contribution in [0.4, 0.5) is 14.5 Å². The van der Waals surface area contributed by atoms with Crippen LogP contribution in [-0.2, 0) is 4.74 Å². The van der Waals surface area contributed by atoms with Gasteiger partial charge in [-0.3, -0.25) is 9.89 Å². The van der Waals surface area contributed by atoms with Crippen LogP contribution in [0.5, 0.6) is 0 Å². The van der Waals surface area contributed by atoms with E-state index in [0.29, 0.717) is 18.3 Å². The number of aliphatic imine (C=N–C) groups is 1. The zero-order valence-electron chi connectivity index (χ0n) is 17.9. The number of methoxy groups -OCH3 is 1. The minimum Gasteiger partial charge on any atom is -0.383 e. The summed E-state index contributed by atoms with van der Waals surface area (Å²) in [7, 11) is 1.74. The van der Waals surface area contributed by atoms with E-state index in [2.05, 4.69) is 15.5 Å². The first-order valence-corrected chi connectivity index (χ1v) is 10.6. The minimum atomic E-state index is -0.549. The first-order chi connectivity index (χ1) is 14.1. The molecule has 1 aliphatic carbocycles. The fourth-order valence-corrected chi connectivity index (χ4v) is 3.76. The maximum atomic E-state index is 14.1. The zero-order valence-corrected chi connectivity index (χ0v) is 20.2. The summed E-state index contributed by atoms with van der Waals surface area (Å²) in [5.74, 6) is -0.267. The molecule has 1 aliphatic heterocycles. The Labute approximate surface area is 195 Å². The lowest BCUT2D eigenvalue weighted by molar-refractivity contribution is 0.145. The Kier molecular flexibility index (Phi) is 10.5. The maximum Gasteiger partial charge on any atom is 0.191 e. The van der Waals surface area contributed by atoms with Gasteiger partial charge in [-0.1, -0.05) is 0 Å². The van der Waals surface area contributed by atoms with Crippen LogP contribution in [-0.4, -0.2) is 75.9 Å². The van der Waals surface area contributed by atoms with Crippen LogP contribution in [0.1, 0.15) is 26.2 Å². The molecule has 0 aromatic heterocycles. The molecule has 1 saturated heterocycles. The lowest BCUT2D eigenvalue weighted by Gasteiger charge is -2.22. The average Bonchev–Trinajstić information content (AvgIpc) is 3.44. The third-order valence-corrected chi connectivity index (χ3v) is 5.43. The molecule has 1 aromatic carbocycles. The van der Waals surface area contributed by atoms with E-state index in [1.807, 2.05) is 11.8 Å². The van der Waals surface area contributed by atoms with E-state index in [9.17, 15) is 8.78 Å². The number of benzene rings is 1. The van der Waals surface area contributed by atoms with Gasteiger partial charge in [-0.15, -0.1) is 24.0 Å². The molecule has 30 heavy (non-hydrogen) atoms. The number of halogens is 3. The van der Waals surface area contributed by atoms with Crippen LogP contribution in [0.2, 0.25) is 0 Å². The Morgan fingerprint density at radius 3 is 2.73 bits per heavy atom. The Morgan fingerprint density at radius 1 is 1.27 bits per heavy atom. The summed E-state index contributed by atoms with van der Waals surface area (Å²) >= 11 is 0. The van der Waals surface area contributed by atoms with E-state index in [1.165, 1.54) is 25.0 Å². The number of hydrogen-bond donors (Lipinski definition) is 2. The molecule has 1 aromatic rings. The van der Waals surface area contributed by atoms with Crippen molar-refractivity contribution in [2.75, 3.05) is 57.9 Å². The fourth-order valence-electron chi connectivity index (χ4n) is 3.76. The van der Waals surface area contributed by atoms with Gasteiger partial charge in [0, 0.05) is 58.0 Å². The summed E-state index contributed by atoms with van der Waals surface area (Å²) in [5.41, 5.74) is 0.454. The van der Waals surface area contributed by atoms with Gasteiger partial charge < -0.3 is 20.3 Å². The molecule has 6 nitrogen and oxygen atoms in total. The van der Waals surface area contributed by atoms with Crippen molar-refractivity contribution < 1.29 is 13.5 Å². The van der Waals surface area contributed by atoms with Gasteiger partial charge in [0.1, 0.15) is 11.6 Å². The van der Waals surface area contributed by atoms with Crippen LogP contribution in [0, 0.1) is 11.6 Å². The van der Waals surface area contributed by atoms with Gasteiger partial charge in [0.2, 0.25) is 0 Å². The third-order valence-electron chi connectivity index (χ3n) is 5.43. The molecule has 0 radical (unpaired) electrons. The molecule has 170 valence electrons. The number of ether oxygens (including phenoxy) is 1. The largest absolute Gasteiger partial charge is 0.383 e. The van der Waals surface area contributed by atoms with Gasteiger partial charge in [0.25, 0.3) is 0 Å². The predicted octanol–water partition coefficient (Wildman–Crippen LogP) is 2.83. The van der Waals surface area contributed by atoms with E-state index >= 15 is 0 Å². The smallest absolute Gasteiger partial charge is 0.191 e. The van der Waals surface area contributed by atoms with Gasteiger partial charge in [0.15, 0.2) is 5.96 Å². The molecule has 1 unspecified atom stereocenters. The molecule has 2 aliphatic rings. The van der Waals surface area contributed by atoms with E-state index < -0.39 is 11.6 Å². The molecule has 2 N–H and O–H groups in total. The van der Waals surface area contributed by atoms with Crippen LogP contribution in [0.25, 0.3) is 0 Å².